The van der Waals surface area contributed by atoms with Gasteiger partial charge in [-0.3, -0.25) is 0 Å². The first-order chi connectivity index (χ1) is 10.3. The molecule has 0 saturated carbocycles. The van der Waals surface area contributed by atoms with Gasteiger partial charge in [0.1, 0.15) is 11.9 Å². The first-order valence-corrected chi connectivity index (χ1v) is 7.33. The molecule has 1 heterocycles. The van der Waals surface area contributed by atoms with Gasteiger partial charge in [0.25, 0.3) is 0 Å². The van der Waals surface area contributed by atoms with Gasteiger partial charge in [0, 0.05) is 0 Å². The maximum absolute atomic E-state index is 8.82. The lowest BCUT2D eigenvalue weighted by molar-refractivity contribution is 0.162. The van der Waals surface area contributed by atoms with Crippen molar-refractivity contribution >= 4 is 12.4 Å². The second-order valence-corrected chi connectivity index (χ2v) is 5.28. The van der Waals surface area contributed by atoms with E-state index in [9.17, 15) is 0 Å². The molecule has 0 atom stereocenters. The third-order valence-corrected chi connectivity index (χ3v) is 3.79. The van der Waals surface area contributed by atoms with Crippen LogP contribution < -0.4 is 10.1 Å². The Bertz CT molecular complexity index is 626. The average Bonchev–Trinajstić information content (AvgIpc) is 2.57. The largest absolute Gasteiger partial charge is 0.490 e. The van der Waals surface area contributed by atoms with Gasteiger partial charge in [-0.2, -0.15) is 5.26 Å². The van der Waals surface area contributed by atoms with E-state index >= 15 is 0 Å². The van der Waals surface area contributed by atoms with E-state index in [1.807, 2.05) is 36.4 Å². The zero-order valence-corrected chi connectivity index (χ0v) is 13.1. The fourth-order valence-electron chi connectivity index (χ4n) is 2.57. The van der Waals surface area contributed by atoms with E-state index in [-0.39, 0.29) is 12.4 Å². The Morgan fingerprint density at radius 2 is 1.45 bits per heavy atom. The van der Waals surface area contributed by atoms with Gasteiger partial charge < -0.3 is 10.1 Å². The number of hydrogen-bond acceptors (Lipinski definition) is 3. The Kier molecular flexibility index (Phi) is 5.83. The lowest BCUT2D eigenvalue weighted by atomic mass is 10.0. The van der Waals surface area contributed by atoms with Crippen molar-refractivity contribution in [1.29, 1.82) is 5.26 Å². The van der Waals surface area contributed by atoms with Crippen LogP contribution in [0.25, 0.3) is 11.1 Å². The summed E-state index contributed by atoms with van der Waals surface area (Å²) in [6, 6.07) is 17.9. The van der Waals surface area contributed by atoms with Gasteiger partial charge in [-0.25, -0.2) is 0 Å². The molecule has 0 aromatic heterocycles. The second kappa shape index (κ2) is 7.84. The molecular weight excluding hydrogens is 296 g/mol. The van der Waals surface area contributed by atoms with Gasteiger partial charge in [-0.05, 0) is 61.3 Å². The molecule has 1 aliphatic heterocycles. The summed E-state index contributed by atoms with van der Waals surface area (Å²) >= 11 is 0. The maximum Gasteiger partial charge on any atom is 0.119 e. The van der Waals surface area contributed by atoms with E-state index in [0.717, 1.165) is 42.8 Å². The molecule has 3 nitrogen and oxygen atoms in total. The molecule has 1 fully saturated rings. The van der Waals surface area contributed by atoms with Gasteiger partial charge >= 0.3 is 0 Å². The SMILES string of the molecule is Cl.N#Cc1ccc(-c2ccc(OC3CCNCC3)cc2)cc1. The minimum Gasteiger partial charge on any atom is -0.490 e. The average molecular weight is 315 g/mol. The number of benzene rings is 2. The van der Waals surface area contributed by atoms with Gasteiger partial charge in [-0.1, -0.05) is 24.3 Å². The fourth-order valence-corrected chi connectivity index (χ4v) is 2.57. The number of halogens is 1. The molecule has 0 spiro atoms. The highest BCUT2D eigenvalue weighted by atomic mass is 35.5. The quantitative estimate of drug-likeness (QED) is 0.937. The van der Waals surface area contributed by atoms with Gasteiger partial charge in [-0.15, -0.1) is 12.4 Å². The molecular formula is C18H19ClN2O. The van der Waals surface area contributed by atoms with Crippen LogP contribution in [0.15, 0.2) is 48.5 Å². The highest BCUT2D eigenvalue weighted by molar-refractivity contribution is 5.85. The predicted octanol–water partition coefficient (Wildman–Crippen LogP) is 3.78. The van der Waals surface area contributed by atoms with Gasteiger partial charge in [0.2, 0.25) is 0 Å². The van der Waals surface area contributed by atoms with Crippen LogP contribution in [0.2, 0.25) is 0 Å². The highest BCUT2D eigenvalue weighted by Crippen LogP contribution is 2.24. The van der Waals surface area contributed by atoms with Crippen LogP contribution in [0.4, 0.5) is 0 Å². The van der Waals surface area contributed by atoms with Crippen molar-refractivity contribution < 1.29 is 4.74 Å². The first-order valence-electron chi connectivity index (χ1n) is 7.33. The van der Waals surface area contributed by atoms with Crippen LogP contribution in [-0.2, 0) is 0 Å². The molecule has 3 rings (SSSR count). The fraction of sp³-hybridized carbons (Fsp3) is 0.278. The van der Waals surface area contributed by atoms with Crippen LogP contribution in [0.1, 0.15) is 18.4 Å². The van der Waals surface area contributed by atoms with Crippen molar-refractivity contribution in [3.63, 3.8) is 0 Å². The number of nitrogens with one attached hydrogen (secondary N) is 1. The summed E-state index contributed by atoms with van der Waals surface area (Å²) in [6.45, 7) is 2.07. The molecule has 0 amide bonds. The van der Waals surface area contributed by atoms with Crippen molar-refractivity contribution in [2.24, 2.45) is 0 Å². The molecule has 1 N–H and O–H groups in total. The van der Waals surface area contributed by atoms with E-state index < -0.39 is 0 Å². The lowest BCUT2D eigenvalue weighted by Crippen LogP contribution is -2.34. The molecule has 2 aromatic carbocycles. The lowest BCUT2D eigenvalue weighted by Gasteiger charge is -2.23. The van der Waals surface area contributed by atoms with Crippen LogP contribution in [0.3, 0.4) is 0 Å². The standard InChI is InChI=1S/C18H18N2O.ClH/c19-13-14-1-3-15(4-2-14)16-5-7-17(8-6-16)21-18-9-11-20-12-10-18;/h1-8,18,20H,9-12H2;1H. The summed E-state index contributed by atoms with van der Waals surface area (Å²) in [5.41, 5.74) is 2.93. The Morgan fingerprint density at radius 3 is 2.00 bits per heavy atom. The molecule has 0 aliphatic carbocycles. The topological polar surface area (TPSA) is 45.0 Å². The van der Waals surface area contributed by atoms with E-state index in [0.29, 0.717) is 11.7 Å². The summed E-state index contributed by atoms with van der Waals surface area (Å²) in [7, 11) is 0. The number of nitrogens with zero attached hydrogens (tertiary/aromatic N) is 1. The molecule has 114 valence electrons. The third kappa shape index (κ3) is 4.00. The molecule has 0 unspecified atom stereocenters. The number of rotatable bonds is 3. The molecule has 1 saturated heterocycles. The summed E-state index contributed by atoms with van der Waals surface area (Å²) < 4.78 is 6.00. The van der Waals surface area contributed by atoms with E-state index in [1.165, 1.54) is 0 Å². The third-order valence-electron chi connectivity index (χ3n) is 3.79. The zero-order chi connectivity index (χ0) is 14.5. The minimum absolute atomic E-state index is 0. The molecule has 0 radical (unpaired) electrons. The summed E-state index contributed by atoms with van der Waals surface area (Å²) in [5.74, 6) is 0.930. The monoisotopic (exact) mass is 314 g/mol. The number of hydrogen-bond donors (Lipinski definition) is 1. The Hall–Kier alpha value is -2.02. The molecule has 0 bridgehead atoms. The second-order valence-electron chi connectivity index (χ2n) is 5.28. The molecule has 4 heteroatoms. The van der Waals surface area contributed by atoms with Crippen LogP contribution in [0.5, 0.6) is 5.75 Å². The highest BCUT2D eigenvalue weighted by Gasteiger charge is 2.14. The van der Waals surface area contributed by atoms with Gasteiger partial charge in [0.15, 0.2) is 0 Å². The summed E-state index contributed by atoms with van der Waals surface area (Å²) in [5, 5.41) is 12.2. The zero-order valence-electron chi connectivity index (χ0n) is 12.3. The Morgan fingerprint density at radius 1 is 0.909 bits per heavy atom. The first kappa shape index (κ1) is 16.4. The summed E-state index contributed by atoms with van der Waals surface area (Å²) in [6.07, 6.45) is 2.46. The number of nitriles is 1. The molecule has 1 aliphatic rings. The van der Waals surface area contributed by atoms with E-state index in [4.69, 9.17) is 10.00 Å². The van der Waals surface area contributed by atoms with Crippen LogP contribution >= 0.6 is 12.4 Å². The van der Waals surface area contributed by atoms with Crippen molar-refractivity contribution in [1.82, 2.24) is 5.32 Å². The minimum atomic E-state index is 0. The number of piperidine rings is 1. The Labute approximate surface area is 137 Å². The summed E-state index contributed by atoms with van der Waals surface area (Å²) in [4.78, 5) is 0. The van der Waals surface area contributed by atoms with E-state index in [2.05, 4.69) is 23.5 Å². The van der Waals surface area contributed by atoms with Crippen molar-refractivity contribution in [2.45, 2.75) is 18.9 Å². The smallest absolute Gasteiger partial charge is 0.119 e. The van der Waals surface area contributed by atoms with Crippen LogP contribution in [0, 0.1) is 11.3 Å². The predicted molar refractivity (Wildman–Crippen MR) is 90.4 cm³/mol. The maximum atomic E-state index is 8.82. The van der Waals surface area contributed by atoms with Crippen molar-refractivity contribution in [2.75, 3.05) is 13.1 Å². The van der Waals surface area contributed by atoms with Crippen molar-refractivity contribution in [3.8, 4) is 22.9 Å². The van der Waals surface area contributed by atoms with Crippen LogP contribution in [-0.4, -0.2) is 19.2 Å². The van der Waals surface area contributed by atoms with E-state index in [1.54, 1.807) is 0 Å². The molecule has 2 aromatic rings. The Balaban J connectivity index is 0.00000176. The normalized spacial score (nSPS) is 14.7. The van der Waals surface area contributed by atoms with Crippen molar-refractivity contribution in [3.05, 3.63) is 54.1 Å². The van der Waals surface area contributed by atoms with Gasteiger partial charge in [0.05, 0.1) is 11.6 Å². The number of ether oxygens (including phenoxy) is 1. The molecule has 22 heavy (non-hydrogen) atoms.